The standard InChI is InChI=1S/C13H16N2O3S/c1-13(16)6-8-15(9-7-13)19(17,18)12-5-3-2-4-11(12)10-14/h2-5,16H,6-9H2,1H3. The van der Waals surface area contributed by atoms with Gasteiger partial charge in [-0.15, -0.1) is 0 Å². The second-order valence-corrected chi connectivity index (χ2v) is 6.92. The molecule has 6 heteroatoms. The highest BCUT2D eigenvalue weighted by atomic mass is 32.2. The first-order chi connectivity index (χ1) is 8.87. The van der Waals surface area contributed by atoms with Crippen LogP contribution in [0, 0.1) is 11.3 Å². The molecule has 102 valence electrons. The topological polar surface area (TPSA) is 81.4 Å². The molecular formula is C13H16N2O3S. The Bertz CT molecular complexity index is 607. The van der Waals surface area contributed by atoms with Crippen LogP contribution in [0.5, 0.6) is 0 Å². The van der Waals surface area contributed by atoms with Gasteiger partial charge < -0.3 is 5.11 Å². The third-order valence-electron chi connectivity index (χ3n) is 3.42. The zero-order valence-corrected chi connectivity index (χ0v) is 11.5. The van der Waals surface area contributed by atoms with Gasteiger partial charge in [0.25, 0.3) is 0 Å². The highest BCUT2D eigenvalue weighted by Gasteiger charge is 2.34. The van der Waals surface area contributed by atoms with Crippen LogP contribution in [0.2, 0.25) is 0 Å². The van der Waals surface area contributed by atoms with E-state index >= 15 is 0 Å². The largest absolute Gasteiger partial charge is 0.390 e. The molecule has 0 amide bonds. The molecule has 1 aromatic rings. The number of piperidine rings is 1. The van der Waals surface area contributed by atoms with E-state index < -0.39 is 15.6 Å². The molecule has 1 fully saturated rings. The maximum atomic E-state index is 12.5. The summed E-state index contributed by atoms with van der Waals surface area (Å²) in [5.74, 6) is 0. The Balaban J connectivity index is 2.32. The van der Waals surface area contributed by atoms with Crippen LogP contribution in [-0.4, -0.2) is 36.5 Å². The molecule has 2 rings (SSSR count). The van der Waals surface area contributed by atoms with Gasteiger partial charge in [-0.05, 0) is 31.9 Å². The maximum Gasteiger partial charge on any atom is 0.244 e. The van der Waals surface area contributed by atoms with Gasteiger partial charge in [-0.1, -0.05) is 12.1 Å². The van der Waals surface area contributed by atoms with Crippen LogP contribution in [0.4, 0.5) is 0 Å². The summed E-state index contributed by atoms with van der Waals surface area (Å²) in [4.78, 5) is 0.0408. The molecule has 19 heavy (non-hydrogen) atoms. The number of hydrogen-bond acceptors (Lipinski definition) is 4. The Morgan fingerprint density at radius 2 is 1.89 bits per heavy atom. The SMILES string of the molecule is CC1(O)CCN(S(=O)(=O)c2ccccc2C#N)CC1. The summed E-state index contributed by atoms with van der Waals surface area (Å²) >= 11 is 0. The molecule has 5 nitrogen and oxygen atoms in total. The molecule has 1 N–H and O–H groups in total. The van der Waals surface area contributed by atoms with E-state index in [1.165, 1.54) is 16.4 Å². The van der Waals surface area contributed by atoms with Crippen molar-refractivity contribution in [2.75, 3.05) is 13.1 Å². The zero-order valence-electron chi connectivity index (χ0n) is 10.7. The highest BCUT2D eigenvalue weighted by Crippen LogP contribution is 2.27. The van der Waals surface area contributed by atoms with Crippen LogP contribution in [0.25, 0.3) is 0 Å². The first-order valence-corrected chi connectivity index (χ1v) is 7.52. The van der Waals surface area contributed by atoms with E-state index in [0.29, 0.717) is 12.8 Å². The highest BCUT2D eigenvalue weighted by molar-refractivity contribution is 7.89. The van der Waals surface area contributed by atoms with Crippen LogP contribution in [0.15, 0.2) is 29.2 Å². The number of aliphatic hydroxyl groups is 1. The molecule has 1 aliphatic rings. The lowest BCUT2D eigenvalue weighted by atomic mass is 9.95. The van der Waals surface area contributed by atoms with Gasteiger partial charge in [0.05, 0.1) is 16.1 Å². The van der Waals surface area contributed by atoms with Crippen LogP contribution in [-0.2, 0) is 10.0 Å². The molecule has 0 bridgehead atoms. The van der Waals surface area contributed by atoms with Gasteiger partial charge in [0.1, 0.15) is 6.07 Å². The summed E-state index contributed by atoms with van der Waals surface area (Å²) in [7, 11) is -3.66. The monoisotopic (exact) mass is 280 g/mol. The minimum absolute atomic E-state index is 0.0408. The smallest absolute Gasteiger partial charge is 0.244 e. The van der Waals surface area contributed by atoms with Crippen molar-refractivity contribution in [3.8, 4) is 6.07 Å². The predicted molar refractivity (Wildman–Crippen MR) is 69.8 cm³/mol. The number of nitrogens with zero attached hydrogens (tertiary/aromatic N) is 2. The second kappa shape index (κ2) is 4.93. The average Bonchev–Trinajstić information content (AvgIpc) is 2.38. The van der Waals surface area contributed by atoms with Crippen molar-refractivity contribution < 1.29 is 13.5 Å². The van der Waals surface area contributed by atoms with Gasteiger partial charge in [-0.25, -0.2) is 8.42 Å². The molecule has 1 heterocycles. The van der Waals surface area contributed by atoms with Gasteiger partial charge in [0.15, 0.2) is 0 Å². The van der Waals surface area contributed by atoms with E-state index in [1.807, 2.05) is 6.07 Å². The normalized spacial score (nSPS) is 19.8. The maximum absolute atomic E-state index is 12.5. The van der Waals surface area contributed by atoms with E-state index in [1.54, 1.807) is 19.1 Å². The summed E-state index contributed by atoms with van der Waals surface area (Å²) in [5.41, 5.74) is -0.652. The number of rotatable bonds is 2. The lowest BCUT2D eigenvalue weighted by Gasteiger charge is -2.35. The molecule has 0 aromatic heterocycles. The summed E-state index contributed by atoms with van der Waals surface area (Å²) in [6, 6.07) is 8.08. The third-order valence-corrected chi connectivity index (χ3v) is 5.38. The fraction of sp³-hybridized carbons (Fsp3) is 0.462. The Kier molecular flexibility index (Phi) is 3.63. The van der Waals surface area contributed by atoms with Crippen LogP contribution < -0.4 is 0 Å². The lowest BCUT2D eigenvalue weighted by Crippen LogP contribution is -2.45. The minimum Gasteiger partial charge on any atom is -0.390 e. The van der Waals surface area contributed by atoms with E-state index in [2.05, 4.69) is 0 Å². The van der Waals surface area contributed by atoms with Gasteiger partial charge >= 0.3 is 0 Å². The summed E-state index contributed by atoms with van der Waals surface area (Å²) < 4.78 is 26.3. The third kappa shape index (κ3) is 2.78. The van der Waals surface area contributed by atoms with Crippen molar-refractivity contribution >= 4 is 10.0 Å². The number of sulfonamides is 1. The zero-order chi connectivity index (χ0) is 14.1. The van der Waals surface area contributed by atoms with Crippen molar-refractivity contribution in [1.82, 2.24) is 4.31 Å². The van der Waals surface area contributed by atoms with Crippen molar-refractivity contribution in [3.63, 3.8) is 0 Å². The van der Waals surface area contributed by atoms with Crippen LogP contribution in [0.3, 0.4) is 0 Å². The molecule has 1 aromatic carbocycles. The molecule has 0 saturated carbocycles. The quantitative estimate of drug-likeness (QED) is 0.879. The molecule has 0 aliphatic carbocycles. The van der Waals surface area contributed by atoms with E-state index in [9.17, 15) is 13.5 Å². The number of benzene rings is 1. The molecule has 1 aliphatic heterocycles. The van der Waals surface area contributed by atoms with Crippen LogP contribution >= 0.6 is 0 Å². The Morgan fingerprint density at radius 3 is 2.47 bits per heavy atom. The lowest BCUT2D eigenvalue weighted by molar-refractivity contribution is 0.0126. The minimum atomic E-state index is -3.66. The van der Waals surface area contributed by atoms with Gasteiger partial charge in [0.2, 0.25) is 10.0 Å². The van der Waals surface area contributed by atoms with Crippen LogP contribution in [0.1, 0.15) is 25.3 Å². The fourth-order valence-corrected chi connectivity index (χ4v) is 3.71. The van der Waals surface area contributed by atoms with Crippen molar-refractivity contribution in [1.29, 1.82) is 5.26 Å². The second-order valence-electron chi connectivity index (χ2n) is 5.01. The summed E-state index contributed by atoms with van der Waals surface area (Å²) in [6.45, 7) is 2.25. The number of nitriles is 1. The predicted octanol–water partition coefficient (Wildman–Crippen LogP) is 1.09. The molecule has 0 unspecified atom stereocenters. The molecule has 1 saturated heterocycles. The molecule has 0 radical (unpaired) electrons. The average molecular weight is 280 g/mol. The van der Waals surface area contributed by atoms with Crippen molar-refractivity contribution in [2.24, 2.45) is 0 Å². The summed E-state index contributed by atoms with van der Waals surface area (Å²) in [6.07, 6.45) is 0.807. The molecular weight excluding hydrogens is 264 g/mol. The fourth-order valence-electron chi connectivity index (χ4n) is 2.13. The first-order valence-electron chi connectivity index (χ1n) is 6.08. The number of hydrogen-bond donors (Lipinski definition) is 1. The van der Waals surface area contributed by atoms with E-state index in [4.69, 9.17) is 5.26 Å². The Labute approximate surface area is 113 Å². The van der Waals surface area contributed by atoms with Crippen molar-refractivity contribution in [2.45, 2.75) is 30.3 Å². The summed E-state index contributed by atoms with van der Waals surface area (Å²) in [5, 5.41) is 18.8. The first kappa shape index (κ1) is 14.0. The van der Waals surface area contributed by atoms with Crippen molar-refractivity contribution in [3.05, 3.63) is 29.8 Å². The van der Waals surface area contributed by atoms with Gasteiger partial charge in [-0.3, -0.25) is 0 Å². The van der Waals surface area contributed by atoms with Gasteiger partial charge in [0, 0.05) is 13.1 Å². The van der Waals surface area contributed by atoms with E-state index in [0.717, 1.165) is 0 Å². The molecule has 0 atom stereocenters. The Hall–Kier alpha value is -1.42. The Morgan fingerprint density at radius 1 is 1.32 bits per heavy atom. The van der Waals surface area contributed by atoms with Gasteiger partial charge in [-0.2, -0.15) is 9.57 Å². The van der Waals surface area contributed by atoms with E-state index in [-0.39, 0.29) is 23.5 Å². The molecule has 0 spiro atoms.